The summed E-state index contributed by atoms with van der Waals surface area (Å²) in [4.78, 5) is 40.8. The lowest BCUT2D eigenvalue weighted by molar-refractivity contribution is 0.0310. The van der Waals surface area contributed by atoms with Crippen LogP contribution in [-0.4, -0.2) is 43.8 Å². The standard InChI is InChI=1S/C27H27N3O6S/c31-25(28-17-16-19-6-2-1-3-7-19)20-10-13-23(14-11-20)37(34,35)30-26(32)21-12-15-24(29-18-21)27(33)36-22-8-4-5-9-22/h1-3,6-7,10-15,18,22H,4-5,8-9,16-17H2,(H,28,31)(H,30,32). The Morgan fingerprint density at radius 2 is 1.54 bits per heavy atom. The van der Waals surface area contributed by atoms with E-state index in [2.05, 4.69) is 10.3 Å². The number of carbonyl (C=O) groups excluding carboxylic acids is 3. The van der Waals surface area contributed by atoms with E-state index in [0.717, 1.165) is 37.4 Å². The molecule has 1 heterocycles. The number of benzene rings is 2. The summed E-state index contributed by atoms with van der Waals surface area (Å²) in [5.74, 6) is -1.80. The first-order valence-electron chi connectivity index (χ1n) is 12.0. The molecule has 2 aromatic carbocycles. The van der Waals surface area contributed by atoms with Gasteiger partial charge in [-0.3, -0.25) is 9.59 Å². The normalized spacial score (nSPS) is 13.6. The Kier molecular flexibility index (Phi) is 8.29. The zero-order valence-corrected chi connectivity index (χ0v) is 20.9. The van der Waals surface area contributed by atoms with Gasteiger partial charge >= 0.3 is 5.97 Å². The summed E-state index contributed by atoms with van der Waals surface area (Å²) < 4.78 is 32.7. The highest BCUT2D eigenvalue weighted by Crippen LogP contribution is 2.22. The van der Waals surface area contributed by atoms with Gasteiger partial charge in [-0.05, 0) is 74.1 Å². The summed E-state index contributed by atoms with van der Waals surface area (Å²) in [6, 6.07) is 17.6. The molecular weight excluding hydrogens is 494 g/mol. The molecule has 1 aliphatic carbocycles. The predicted octanol–water partition coefficient (Wildman–Crippen LogP) is 3.27. The summed E-state index contributed by atoms with van der Waals surface area (Å²) >= 11 is 0. The van der Waals surface area contributed by atoms with Crippen molar-refractivity contribution in [2.45, 2.75) is 43.1 Å². The van der Waals surface area contributed by atoms with Crippen molar-refractivity contribution in [1.29, 1.82) is 0 Å². The first kappa shape index (κ1) is 26.0. The zero-order chi connectivity index (χ0) is 26.3. The monoisotopic (exact) mass is 521 g/mol. The second-order valence-electron chi connectivity index (χ2n) is 8.69. The molecular formula is C27H27N3O6S. The average Bonchev–Trinajstić information content (AvgIpc) is 3.42. The number of ether oxygens (including phenoxy) is 1. The molecule has 0 bridgehead atoms. The number of hydrogen-bond donors (Lipinski definition) is 2. The number of amides is 2. The first-order valence-corrected chi connectivity index (χ1v) is 13.5. The highest BCUT2D eigenvalue weighted by molar-refractivity contribution is 7.90. The summed E-state index contributed by atoms with van der Waals surface area (Å²) in [5, 5.41) is 2.79. The molecule has 0 radical (unpaired) electrons. The zero-order valence-electron chi connectivity index (χ0n) is 20.1. The Labute approximate surface area is 215 Å². The molecule has 1 aromatic heterocycles. The smallest absolute Gasteiger partial charge is 0.357 e. The van der Waals surface area contributed by atoms with Gasteiger partial charge in [-0.25, -0.2) is 22.9 Å². The summed E-state index contributed by atoms with van der Waals surface area (Å²) in [7, 11) is -4.20. The molecule has 0 atom stereocenters. The SMILES string of the molecule is O=C(NCCc1ccccc1)c1ccc(S(=O)(=O)NC(=O)c2ccc(C(=O)OC3CCCC3)nc2)cc1. The van der Waals surface area contributed by atoms with Crippen LogP contribution in [0.4, 0.5) is 0 Å². The summed E-state index contributed by atoms with van der Waals surface area (Å²) in [6.07, 6.45) is 5.36. The van der Waals surface area contributed by atoms with Crippen molar-refractivity contribution in [3.05, 3.63) is 95.3 Å². The lowest BCUT2D eigenvalue weighted by atomic mass is 10.1. The first-order chi connectivity index (χ1) is 17.8. The van der Waals surface area contributed by atoms with Crippen LogP contribution >= 0.6 is 0 Å². The maximum Gasteiger partial charge on any atom is 0.357 e. The van der Waals surface area contributed by atoms with Gasteiger partial charge in [0.1, 0.15) is 11.8 Å². The Balaban J connectivity index is 1.31. The van der Waals surface area contributed by atoms with Gasteiger partial charge in [0.05, 0.1) is 10.5 Å². The van der Waals surface area contributed by atoms with E-state index in [1.807, 2.05) is 35.1 Å². The number of hydrogen-bond acceptors (Lipinski definition) is 7. The van der Waals surface area contributed by atoms with E-state index in [4.69, 9.17) is 4.74 Å². The van der Waals surface area contributed by atoms with Crippen LogP contribution < -0.4 is 10.0 Å². The Morgan fingerprint density at radius 1 is 0.865 bits per heavy atom. The number of carbonyl (C=O) groups is 3. The lowest BCUT2D eigenvalue weighted by Crippen LogP contribution is -2.31. The topological polar surface area (TPSA) is 132 Å². The van der Waals surface area contributed by atoms with Crippen LogP contribution in [0.5, 0.6) is 0 Å². The molecule has 0 spiro atoms. The highest BCUT2D eigenvalue weighted by atomic mass is 32.2. The van der Waals surface area contributed by atoms with Crippen molar-refractivity contribution in [3.63, 3.8) is 0 Å². The Bertz CT molecular complexity index is 1350. The van der Waals surface area contributed by atoms with E-state index in [0.29, 0.717) is 18.5 Å². The third-order valence-electron chi connectivity index (χ3n) is 6.01. The van der Waals surface area contributed by atoms with Crippen molar-refractivity contribution < 1.29 is 27.5 Å². The highest BCUT2D eigenvalue weighted by Gasteiger charge is 2.22. The maximum atomic E-state index is 12.7. The molecule has 0 unspecified atom stereocenters. The number of pyridine rings is 1. The van der Waals surface area contributed by atoms with Gasteiger partial charge in [0, 0.05) is 18.3 Å². The van der Waals surface area contributed by atoms with E-state index in [1.165, 1.54) is 36.4 Å². The van der Waals surface area contributed by atoms with Crippen LogP contribution in [0.3, 0.4) is 0 Å². The molecule has 4 rings (SSSR count). The molecule has 0 aliphatic heterocycles. The molecule has 192 valence electrons. The van der Waals surface area contributed by atoms with Crippen molar-refractivity contribution in [2.75, 3.05) is 6.54 Å². The lowest BCUT2D eigenvalue weighted by Gasteiger charge is -2.11. The quantitative estimate of drug-likeness (QED) is 0.413. The average molecular weight is 522 g/mol. The third kappa shape index (κ3) is 7.01. The van der Waals surface area contributed by atoms with Crippen LogP contribution in [0.15, 0.2) is 77.8 Å². The minimum absolute atomic E-state index is 0.0320. The molecule has 2 N–H and O–H groups in total. The summed E-state index contributed by atoms with van der Waals surface area (Å²) in [5.41, 5.74) is 1.40. The van der Waals surface area contributed by atoms with Gasteiger partial charge in [0.15, 0.2) is 0 Å². The number of rotatable bonds is 9. The van der Waals surface area contributed by atoms with Gasteiger partial charge in [-0.2, -0.15) is 0 Å². The van der Waals surface area contributed by atoms with E-state index >= 15 is 0 Å². The minimum Gasteiger partial charge on any atom is -0.458 e. The molecule has 37 heavy (non-hydrogen) atoms. The number of sulfonamides is 1. The summed E-state index contributed by atoms with van der Waals surface area (Å²) in [6.45, 7) is 0.435. The van der Waals surface area contributed by atoms with Crippen LogP contribution in [-0.2, 0) is 21.2 Å². The van der Waals surface area contributed by atoms with Crippen molar-refractivity contribution in [1.82, 2.24) is 15.0 Å². The molecule has 10 heteroatoms. The molecule has 1 fully saturated rings. The van der Waals surface area contributed by atoms with Crippen LogP contribution in [0.2, 0.25) is 0 Å². The van der Waals surface area contributed by atoms with Crippen molar-refractivity contribution in [3.8, 4) is 0 Å². The van der Waals surface area contributed by atoms with Gasteiger partial charge in [0.2, 0.25) is 0 Å². The molecule has 1 aliphatic rings. The largest absolute Gasteiger partial charge is 0.458 e. The van der Waals surface area contributed by atoms with Gasteiger partial charge in [-0.15, -0.1) is 0 Å². The minimum atomic E-state index is -4.20. The van der Waals surface area contributed by atoms with Crippen LogP contribution in [0, 0.1) is 0 Å². The fourth-order valence-corrected chi connectivity index (χ4v) is 4.93. The van der Waals surface area contributed by atoms with E-state index in [-0.39, 0.29) is 28.2 Å². The Hall–Kier alpha value is -4.05. The Morgan fingerprint density at radius 3 is 2.19 bits per heavy atom. The maximum absolute atomic E-state index is 12.7. The predicted molar refractivity (Wildman–Crippen MR) is 135 cm³/mol. The van der Waals surface area contributed by atoms with Crippen LogP contribution in [0.25, 0.3) is 0 Å². The molecule has 1 saturated carbocycles. The van der Waals surface area contributed by atoms with Crippen molar-refractivity contribution >= 4 is 27.8 Å². The molecule has 3 aromatic rings. The van der Waals surface area contributed by atoms with Gasteiger partial charge in [0.25, 0.3) is 21.8 Å². The fraction of sp³-hybridized carbons (Fsp3) is 0.259. The third-order valence-corrected chi connectivity index (χ3v) is 7.35. The number of nitrogens with one attached hydrogen (secondary N) is 2. The van der Waals surface area contributed by atoms with E-state index < -0.39 is 21.9 Å². The number of nitrogens with zero attached hydrogens (tertiary/aromatic N) is 1. The molecule has 0 saturated heterocycles. The van der Waals surface area contributed by atoms with E-state index in [9.17, 15) is 22.8 Å². The second kappa shape index (κ2) is 11.8. The van der Waals surface area contributed by atoms with E-state index in [1.54, 1.807) is 0 Å². The van der Waals surface area contributed by atoms with Gasteiger partial charge < -0.3 is 10.1 Å². The second-order valence-corrected chi connectivity index (χ2v) is 10.4. The fourth-order valence-electron chi connectivity index (χ4n) is 3.96. The van der Waals surface area contributed by atoms with Crippen molar-refractivity contribution in [2.24, 2.45) is 0 Å². The van der Waals surface area contributed by atoms with Crippen LogP contribution in [0.1, 0.15) is 62.5 Å². The number of aromatic nitrogens is 1. The van der Waals surface area contributed by atoms with Gasteiger partial charge in [-0.1, -0.05) is 30.3 Å². The number of esters is 1. The molecule has 9 nitrogen and oxygen atoms in total. The molecule has 2 amide bonds.